The topological polar surface area (TPSA) is 67.2 Å². The number of aryl methyl sites for hydroxylation is 1. The number of amides is 1. The van der Waals surface area contributed by atoms with E-state index in [1.807, 2.05) is 10.9 Å². The Kier molecular flexibility index (Phi) is 4.44. The molecule has 1 aromatic carbocycles. The monoisotopic (exact) mass is 416 g/mol. The number of rotatable bonds is 4. The van der Waals surface area contributed by atoms with Crippen LogP contribution in [-0.2, 0) is 4.79 Å². The van der Waals surface area contributed by atoms with Crippen LogP contribution in [0.1, 0.15) is 49.4 Å². The summed E-state index contributed by atoms with van der Waals surface area (Å²) in [5.74, 6) is 3.01. The van der Waals surface area contributed by atoms with Crippen LogP contribution in [0.5, 0.6) is 0 Å². The van der Waals surface area contributed by atoms with Gasteiger partial charge in [-0.2, -0.15) is 5.10 Å². The number of anilines is 1. The molecular weight excluding hydrogens is 388 g/mol. The minimum atomic E-state index is 0.284. The van der Waals surface area contributed by atoms with Crippen LogP contribution in [0.15, 0.2) is 30.5 Å². The van der Waals surface area contributed by atoms with E-state index < -0.39 is 0 Å². The van der Waals surface area contributed by atoms with Gasteiger partial charge in [-0.25, -0.2) is 14.6 Å². The average molecular weight is 417 g/mol. The van der Waals surface area contributed by atoms with Crippen molar-refractivity contribution in [1.29, 1.82) is 0 Å². The first-order valence-electron chi connectivity index (χ1n) is 11.5. The maximum Gasteiger partial charge on any atom is 0.225 e. The van der Waals surface area contributed by atoms with Gasteiger partial charge in [0.05, 0.1) is 17.3 Å². The van der Waals surface area contributed by atoms with Gasteiger partial charge >= 0.3 is 0 Å². The third-order valence-corrected chi connectivity index (χ3v) is 6.68. The summed E-state index contributed by atoms with van der Waals surface area (Å²) >= 11 is 0. The second-order valence-corrected chi connectivity index (χ2v) is 9.25. The molecule has 2 saturated carbocycles. The average Bonchev–Trinajstić information content (AvgIpc) is 3.69. The van der Waals surface area contributed by atoms with Crippen molar-refractivity contribution in [3.63, 3.8) is 0 Å². The predicted octanol–water partition coefficient (Wildman–Crippen LogP) is 3.45. The third kappa shape index (κ3) is 3.56. The molecule has 31 heavy (non-hydrogen) atoms. The number of benzene rings is 1. The molecule has 3 heterocycles. The van der Waals surface area contributed by atoms with E-state index in [-0.39, 0.29) is 5.92 Å². The molecule has 0 bridgehead atoms. The summed E-state index contributed by atoms with van der Waals surface area (Å²) in [6.45, 7) is 5.42. The minimum absolute atomic E-state index is 0.284. The largest absolute Gasteiger partial charge is 0.354 e. The molecule has 3 fully saturated rings. The van der Waals surface area contributed by atoms with Crippen LogP contribution in [0, 0.1) is 12.8 Å². The lowest BCUT2D eigenvalue weighted by atomic mass is 10.2. The second kappa shape index (κ2) is 7.32. The van der Waals surface area contributed by atoms with Crippen LogP contribution >= 0.6 is 0 Å². The predicted molar refractivity (Wildman–Crippen MR) is 120 cm³/mol. The highest BCUT2D eigenvalue weighted by molar-refractivity contribution is 5.88. The Bertz CT molecular complexity index is 1130. The van der Waals surface area contributed by atoms with Crippen molar-refractivity contribution in [2.24, 2.45) is 5.92 Å². The summed E-state index contributed by atoms with van der Waals surface area (Å²) in [4.78, 5) is 27.0. The molecule has 0 unspecified atom stereocenters. The molecule has 0 N–H and O–H groups in total. The number of aromatic nitrogens is 4. The Balaban J connectivity index is 1.37. The van der Waals surface area contributed by atoms with Crippen molar-refractivity contribution in [1.82, 2.24) is 24.6 Å². The van der Waals surface area contributed by atoms with E-state index in [1.54, 1.807) is 0 Å². The molecule has 0 atom stereocenters. The molecule has 1 aliphatic heterocycles. The van der Waals surface area contributed by atoms with Crippen molar-refractivity contribution in [2.75, 3.05) is 31.1 Å². The normalized spacial score (nSPS) is 19.6. The summed E-state index contributed by atoms with van der Waals surface area (Å²) in [5, 5.41) is 5.69. The quantitative estimate of drug-likeness (QED) is 0.652. The van der Waals surface area contributed by atoms with Gasteiger partial charge in [0.15, 0.2) is 5.65 Å². The lowest BCUT2D eigenvalue weighted by Gasteiger charge is -2.23. The van der Waals surface area contributed by atoms with Crippen LogP contribution in [0.2, 0.25) is 0 Å². The molecule has 7 heteroatoms. The van der Waals surface area contributed by atoms with Crippen molar-refractivity contribution in [2.45, 2.75) is 44.9 Å². The van der Waals surface area contributed by atoms with E-state index in [4.69, 9.17) is 15.1 Å². The molecule has 3 aliphatic rings. The Labute approximate surface area is 182 Å². The van der Waals surface area contributed by atoms with Gasteiger partial charge in [0.25, 0.3) is 0 Å². The number of carbonyl (C=O) groups is 1. The van der Waals surface area contributed by atoms with Crippen molar-refractivity contribution < 1.29 is 4.79 Å². The third-order valence-electron chi connectivity index (χ3n) is 6.68. The van der Waals surface area contributed by atoms with Crippen LogP contribution in [0.25, 0.3) is 16.7 Å². The highest BCUT2D eigenvalue weighted by Crippen LogP contribution is 2.40. The van der Waals surface area contributed by atoms with Crippen molar-refractivity contribution in [3.05, 3.63) is 41.9 Å². The van der Waals surface area contributed by atoms with E-state index in [1.165, 1.54) is 5.56 Å². The highest BCUT2D eigenvalue weighted by Gasteiger charge is 2.34. The SMILES string of the molecule is Cc1ccc(-n2ncc3c(N4CCCN(C(=O)C5CC5)CC4)nc(C4CC4)nc32)cc1. The van der Waals surface area contributed by atoms with Gasteiger partial charge in [-0.05, 0) is 51.2 Å². The zero-order valence-electron chi connectivity index (χ0n) is 18.0. The number of carbonyl (C=O) groups excluding carboxylic acids is 1. The summed E-state index contributed by atoms with van der Waals surface area (Å²) in [6, 6.07) is 8.39. The maximum atomic E-state index is 12.6. The molecule has 7 nitrogen and oxygen atoms in total. The first-order valence-corrected chi connectivity index (χ1v) is 11.5. The smallest absolute Gasteiger partial charge is 0.225 e. The Morgan fingerprint density at radius 2 is 1.77 bits per heavy atom. The number of nitrogens with zero attached hydrogens (tertiary/aromatic N) is 6. The van der Waals surface area contributed by atoms with Crippen molar-refractivity contribution >= 4 is 22.8 Å². The molecule has 0 spiro atoms. The second-order valence-electron chi connectivity index (χ2n) is 9.25. The van der Waals surface area contributed by atoms with Gasteiger partial charge in [-0.3, -0.25) is 4.79 Å². The van der Waals surface area contributed by atoms with E-state index in [0.29, 0.717) is 11.8 Å². The molecule has 2 aliphatic carbocycles. The summed E-state index contributed by atoms with van der Waals surface area (Å²) in [7, 11) is 0. The first kappa shape index (κ1) is 18.8. The van der Waals surface area contributed by atoms with Gasteiger partial charge < -0.3 is 9.80 Å². The van der Waals surface area contributed by atoms with E-state index in [9.17, 15) is 4.79 Å². The van der Waals surface area contributed by atoms with Crippen LogP contribution < -0.4 is 4.90 Å². The van der Waals surface area contributed by atoms with Crippen LogP contribution in [0.4, 0.5) is 5.82 Å². The zero-order chi connectivity index (χ0) is 20.9. The van der Waals surface area contributed by atoms with E-state index in [2.05, 4.69) is 41.0 Å². The van der Waals surface area contributed by atoms with Crippen molar-refractivity contribution in [3.8, 4) is 5.69 Å². The fourth-order valence-electron chi connectivity index (χ4n) is 4.49. The minimum Gasteiger partial charge on any atom is -0.354 e. The first-order chi connectivity index (χ1) is 15.2. The van der Waals surface area contributed by atoms with E-state index in [0.717, 1.165) is 86.6 Å². The molecule has 160 valence electrons. The van der Waals surface area contributed by atoms with Crippen LogP contribution in [-0.4, -0.2) is 56.7 Å². The molecule has 3 aromatic rings. The van der Waals surface area contributed by atoms with Gasteiger partial charge in [-0.1, -0.05) is 17.7 Å². The molecule has 1 amide bonds. The van der Waals surface area contributed by atoms with Gasteiger partial charge in [0.1, 0.15) is 11.6 Å². The van der Waals surface area contributed by atoms with Crippen LogP contribution in [0.3, 0.4) is 0 Å². The lowest BCUT2D eigenvalue weighted by molar-refractivity contribution is -0.132. The Morgan fingerprint density at radius 3 is 2.52 bits per heavy atom. The molecular formula is C24H28N6O. The number of fused-ring (bicyclic) bond motifs is 1. The summed E-state index contributed by atoms with van der Waals surface area (Å²) in [6.07, 6.45) is 7.32. The molecule has 6 rings (SSSR count). The van der Waals surface area contributed by atoms with Gasteiger partial charge in [-0.15, -0.1) is 0 Å². The standard InChI is InChI=1S/C24H28N6O/c1-16-3-9-19(10-4-16)30-23-20(15-25-30)22(26-21(27-23)17-5-6-17)28-11-2-12-29(14-13-28)24(31)18-7-8-18/h3-4,9-10,15,17-18H,2,5-8,11-14H2,1H3. The fourth-order valence-corrected chi connectivity index (χ4v) is 4.49. The fraction of sp³-hybridized carbons (Fsp3) is 0.500. The van der Waals surface area contributed by atoms with Gasteiger partial charge in [0.2, 0.25) is 5.91 Å². The summed E-state index contributed by atoms with van der Waals surface area (Å²) in [5.41, 5.74) is 3.12. The van der Waals surface area contributed by atoms with Gasteiger partial charge in [0, 0.05) is 38.0 Å². The number of hydrogen-bond acceptors (Lipinski definition) is 5. The highest BCUT2D eigenvalue weighted by atomic mass is 16.2. The Hall–Kier alpha value is -2.96. The number of hydrogen-bond donors (Lipinski definition) is 0. The zero-order valence-corrected chi connectivity index (χ0v) is 18.0. The Morgan fingerprint density at radius 1 is 0.968 bits per heavy atom. The maximum absolute atomic E-state index is 12.6. The molecule has 0 radical (unpaired) electrons. The van der Waals surface area contributed by atoms with E-state index >= 15 is 0 Å². The molecule has 1 saturated heterocycles. The lowest BCUT2D eigenvalue weighted by Crippen LogP contribution is -2.36. The molecule has 2 aromatic heterocycles. The summed E-state index contributed by atoms with van der Waals surface area (Å²) < 4.78 is 1.94.